The molecule has 0 saturated heterocycles. The van der Waals surface area contributed by atoms with Gasteiger partial charge in [0.1, 0.15) is 28.0 Å². The van der Waals surface area contributed by atoms with Crippen LogP contribution >= 0.6 is 7.82 Å². The Morgan fingerprint density at radius 2 is 0.933 bits per heavy atom. The molecular formula is C56H87N4O14P. The smallest absolute Gasteiger partial charge is 0.459 e. The minimum atomic E-state index is -4.56. The summed E-state index contributed by atoms with van der Waals surface area (Å²) in [7, 11) is -4.56. The summed E-state index contributed by atoms with van der Waals surface area (Å²) >= 11 is 0. The van der Waals surface area contributed by atoms with Crippen LogP contribution in [-0.2, 0) is 71.2 Å². The molecule has 0 spiro atoms. The first kappa shape index (κ1) is 64.6. The van der Waals surface area contributed by atoms with E-state index in [2.05, 4.69) is 24.3 Å². The third kappa shape index (κ3) is 25.8. The number of carbonyl (C=O) groups excluding carboxylic acids is 5. The highest BCUT2D eigenvalue weighted by Crippen LogP contribution is 2.54. The van der Waals surface area contributed by atoms with Crippen molar-refractivity contribution in [2.75, 3.05) is 65.6 Å². The summed E-state index contributed by atoms with van der Waals surface area (Å²) in [6, 6.07) is 21.4. The van der Waals surface area contributed by atoms with Gasteiger partial charge in [0.05, 0.1) is 64.5 Å². The van der Waals surface area contributed by atoms with E-state index in [1.54, 1.807) is 109 Å². The molecular weight excluding hydrogens is 984 g/mol. The van der Waals surface area contributed by atoms with Crippen molar-refractivity contribution in [2.24, 2.45) is 0 Å². The minimum absolute atomic E-state index is 0.000993. The molecule has 1 fully saturated rings. The normalized spacial score (nSPS) is 15.9. The molecule has 0 aromatic heterocycles. The summed E-state index contributed by atoms with van der Waals surface area (Å²) in [6.45, 7) is 22.8. The lowest BCUT2D eigenvalue weighted by Crippen LogP contribution is -2.53. The van der Waals surface area contributed by atoms with Crippen LogP contribution < -0.4 is 0 Å². The van der Waals surface area contributed by atoms with E-state index in [9.17, 15) is 29.2 Å². The van der Waals surface area contributed by atoms with Crippen molar-refractivity contribution in [1.29, 1.82) is 5.26 Å². The van der Waals surface area contributed by atoms with E-state index >= 15 is 4.57 Å². The second kappa shape index (κ2) is 28.1. The maximum Gasteiger partial charge on any atom is 0.475 e. The molecule has 3 rings (SSSR count). The van der Waals surface area contributed by atoms with Crippen LogP contribution in [0.1, 0.15) is 147 Å². The molecule has 1 saturated carbocycles. The molecule has 0 aliphatic heterocycles. The summed E-state index contributed by atoms with van der Waals surface area (Å²) < 4.78 is 62.1. The van der Waals surface area contributed by atoms with Crippen LogP contribution in [0.2, 0.25) is 0 Å². The topological polar surface area (TPSA) is 210 Å². The summed E-state index contributed by atoms with van der Waals surface area (Å²) in [4.78, 5) is 72.6. The standard InChI is InChI=1S/C56H87N4O14P/c1-51(2,3)69-46(61)36-58(32-33-59(37-47(62)70-52(4,5)6)38-48(63)71-53(7,8)9)35-44(60(39-49(64)72-54(10,11)12)40-50(65)73-55(13,14)15)41-68-75(66,67-34-22-31-57)74-45-27-29-56(30-28-45,42-23-18-16-19-24-42)43-25-20-17-21-26-43/h16-21,23-26,44-45H,22,27-30,32-41H2,1-15H3/t44-,75?/m1/s1. The Bertz CT molecular complexity index is 2130. The van der Waals surface area contributed by atoms with Gasteiger partial charge >= 0.3 is 37.7 Å². The molecule has 2 atom stereocenters. The maximum absolute atomic E-state index is 15.1. The number of nitrogens with zero attached hydrogens (tertiary/aromatic N) is 4. The van der Waals surface area contributed by atoms with Crippen molar-refractivity contribution >= 4 is 37.7 Å². The molecule has 1 unspecified atom stereocenters. The van der Waals surface area contributed by atoms with Crippen LogP contribution in [0.25, 0.3) is 0 Å². The second-order valence-electron chi connectivity index (χ2n) is 24.0. The molecule has 19 heteroatoms. The highest BCUT2D eigenvalue weighted by atomic mass is 31.2. The summed E-state index contributed by atoms with van der Waals surface area (Å²) in [6.07, 6.45) is 1.50. The Labute approximate surface area is 446 Å². The van der Waals surface area contributed by atoms with Crippen molar-refractivity contribution in [3.8, 4) is 6.07 Å². The lowest BCUT2D eigenvalue weighted by Gasteiger charge is -2.41. The van der Waals surface area contributed by atoms with Gasteiger partial charge in [0.2, 0.25) is 0 Å². The Kier molecular flexibility index (Phi) is 24.2. The molecule has 2 aromatic carbocycles. The molecule has 0 radical (unpaired) electrons. The van der Waals surface area contributed by atoms with Gasteiger partial charge in [-0.25, -0.2) is 4.57 Å². The zero-order valence-electron chi connectivity index (χ0n) is 47.5. The van der Waals surface area contributed by atoms with Crippen LogP contribution in [-0.4, -0.2) is 150 Å². The number of hydrogen-bond donors (Lipinski definition) is 0. The quantitative estimate of drug-likeness (QED) is 0.0372. The van der Waals surface area contributed by atoms with Gasteiger partial charge in [0.25, 0.3) is 0 Å². The van der Waals surface area contributed by atoms with Crippen molar-refractivity contribution < 1.29 is 65.8 Å². The van der Waals surface area contributed by atoms with E-state index in [-0.39, 0.29) is 57.7 Å². The van der Waals surface area contributed by atoms with Gasteiger partial charge in [-0.05, 0) is 141 Å². The van der Waals surface area contributed by atoms with Crippen molar-refractivity contribution in [3.63, 3.8) is 0 Å². The Morgan fingerprint density at radius 1 is 0.573 bits per heavy atom. The molecule has 18 nitrogen and oxygen atoms in total. The fraction of sp³-hybridized carbons (Fsp3) is 0.679. The largest absolute Gasteiger partial charge is 0.475 e. The van der Waals surface area contributed by atoms with Crippen LogP contribution in [0.3, 0.4) is 0 Å². The first-order valence-electron chi connectivity index (χ1n) is 25.9. The zero-order chi connectivity index (χ0) is 56.5. The van der Waals surface area contributed by atoms with Gasteiger partial charge in [-0.1, -0.05) is 60.7 Å². The van der Waals surface area contributed by atoms with Crippen LogP contribution in [0, 0.1) is 11.3 Å². The van der Waals surface area contributed by atoms with Gasteiger partial charge in [0, 0.05) is 31.1 Å². The molecule has 0 N–H and O–H groups in total. The van der Waals surface area contributed by atoms with E-state index in [1.807, 2.05) is 42.5 Å². The number of carbonyl (C=O) groups is 5. The molecule has 1 aliphatic carbocycles. The molecule has 1 aliphatic rings. The van der Waals surface area contributed by atoms with Gasteiger partial charge < -0.3 is 23.7 Å². The van der Waals surface area contributed by atoms with Crippen molar-refractivity contribution in [1.82, 2.24) is 14.7 Å². The predicted molar refractivity (Wildman–Crippen MR) is 284 cm³/mol. The van der Waals surface area contributed by atoms with E-state index < -0.39 is 97.5 Å². The van der Waals surface area contributed by atoms with E-state index in [0.717, 1.165) is 11.1 Å². The average Bonchev–Trinajstić information content (AvgIpc) is 3.24. The molecule has 2 aromatic rings. The Morgan fingerprint density at radius 3 is 1.31 bits per heavy atom. The van der Waals surface area contributed by atoms with E-state index in [1.165, 1.54) is 9.80 Å². The molecule has 0 bridgehead atoms. The number of nitriles is 1. The summed E-state index contributed by atoms with van der Waals surface area (Å²) in [5, 5.41) is 9.51. The Hall–Kier alpha value is -4.73. The fourth-order valence-corrected chi connectivity index (χ4v) is 9.92. The number of phosphoric acid groups is 1. The third-order valence-electron chi connectivity index (χ3n) is 11.1. The first-order chi connectivity index (χ1) is 34.6. The van der Waals surface area contributed by atoms with Gasteiger partial charge in [0.15, 0.2) is 0 Å². The van der Waals surface area contributed by atoms with Crippen molar-refractivity contribution in [3.05, 3.63) is 71.8 Å². The number of phosphoric ester groups is 1. The molecule has 75 heavy (non-hydrogen) atoms. The maximum atomic E-state index is 15.1. The number of hydrogen-bond acceptors (Lipinski definition) is 18. The Balaban J connectivity index is 2.14. The lowest BCUT2D eigenvalue weighted by molar-refractivity contribution is -0.163. The van der Waals surface area contributed by atoms with Gasteiger partial charge in [-0.15, -0.1) is 0 Å². The zero-order valence-corrected chi connectivity index (χ0v) is 48.4. The SMILES string of the molecule is CC(C)(C)OC(=O)CN(CCN(CC(=O)OC(C)(C)C)C[C@H](COP(=O)(OCCC#N)OC1CCC(c2ccccc2)(c2ccccc2)CC1)N(CC(=O)OC(C)(C)C)CC(=O)OC(C)(C)C)CC(=O)OC(C)(C)C. The summed E-state index contributed by atoms with van der Waals surface area (Å²) in [5.74, 6) is -3.25. The predicted octanol–water partition coefficient (Wildman–Crippen LogP) is 8.97. The number of rotatable bonds is 26. The van der Waals surface area contributed by atoms with Gasteiger partial charge in [-0.3, -0.25) is 52.2 Å². The average molecular weight is 1070 g/mol. The molecule has 0 amide bonds. The number of benzene rings is 2. The number of esters is 5. The van der Waals surface area contributed by atoms with E-state index in [0.29, 0.717) is 25.7 Å². The molecule has 420 valence electrons. The number of ether oxygens (including phenoxy) is 5. The minimum Gasteiger partial charge on any atom is -0.459 e. The van der Waals surface area contributed by atoms with Crippen LogP contribution in [0.4, 0.5) is 0 Å². The highest BCUT2D eigenvalue weighted by molar-refractivity contribution is 7.48. The van der Waals surface area contributed by atoms with E-state index in [4.69, 9.17) is 37.3 Å². The first-order valence-corrected chi connectivity index (χ1v) is 27.4. The highest BCUT2D eigenvalue weighted by Gasteiger charge is 2.42. The third-order valence-corrected chi connectivity index (χ3v) is 12.7. The van der Waals surface area contributed by atoms with Gasteiger partial charge in [-0.2, -0.15) is 5.26 Å². The second-order valence-corrected chi connectivity index (χ2v) is 25.7. The van der Waals surface area contributed by atoms with Crippen LogP contribution in [0.5, 0.6) is 0 Å². The van der Waals surface area contributed by atoms with Crippen molar-refractivity contribution in [2.45, 2.75) is 182 Å². The van der Waals surface area contributed by atoms with Crippen LogP contribution in [0.15, 0.2) is 60.7 Å². The molecule has 0 heterocycles. The fourth-order valence-electron chi connectivity index (χ4n) is 8.47. The summed E-state index contributed by atoms with van der Waals surface area (Å²) in [5.41, 5.74) is -2.46. The monoisotopic (exact) mass is 1070 g/mol. The lowest BCUT2D eigenvalue weighted by atomic mass is 9.65.